The highest BCUT2D eigenvalue weighted by Gasteiger charge is 2.27. The van der Waals surface area contributed by atoms with Crippen molar-refractivity contribution in [1.82, 2.24) is 19.6 Å². The fourth-order valence-corrected chi connectivity index (χ4v) is 3.42. The minimum atomic E-state index is 0.0348. The third-order valence-corrected chi connectivity index (χ3v) is 4.91. The van der Waals surface area contributed by atoms with E-state index in [1.807, 2.05) is 23.1 Å². The number of amides is 1. The average Bonchev–Trinajstić information content (AvgIpc) is 3.13. The van der Waals surface area contributed by atoms with Crippen molar-refractivity contribution in [3.63, 3.8) is 0 Å². The molecule has 1 aromatic heterocycles. The molecule has 6 nitrogen and oxygen atoms in total. The summed E-state index contributed by atoms with van der Waals surface area (Å²) in [4.78, 5) is 17.1. The second kappa shape index (κ2) is 7.74. The number of hydrogen-bond acceptors (Lipinski definition) is 4. The third-order valence-electron chi connectivity index (χ3n) is 4.91. The lowest BCUT2D eigenvalue weighted by molar-refractivity contribution is 0.0644. The summed E-state index contributed by atoms with van der Waals surface area (Å²) >= 11 is 0. The molecule has 0 radical (unpaired) electrons. The van der Waals surface area contributed by atoms with Crippen molar-refractivity contribution in [2.24, 2.45) is 0 Å². The summed E-state index contributed by atoms with van der Waals surface area (Å²) in [5.41, 5.74) is 1.81. The van der Waals surface area contributed by atoms with E-state index < -0.39 is 0 Å². The molecule has 6 heteroatoms. The molecule has 4 rings (SSSR count). The lowest BCUT2D eigenvalue weighted by atomic mass is 10.2. The van der Waals surface area contributed by atoms with E-state index in [0.717, 1.165) is 45.7 Å². The number of ether oxygens (including phenoxy) is 1. The van der Waals surface area contributed by atoms with Gasteiger partial charge in [0.15, 0.2) is 0 Å². The van der Waals surface area contributed by atoms with Crippen LogP contribution in [0, 0.1) is 0 Å². The van der Waals surface area contributed by atoms with Gasteiger partial charge < -0.3 is 9.64 Å². The first kappa shape index (κ1) is 16.8. The zero-order valence-corrected chi connectivity index (χ0v) is 14.9. The third kappa shape index (κ3) is 3.65. The molecule has 1 fully saturated rings. The smallest absolute Gasteiger partial charge is 0.261 e. The number of benzene rings is 1. The van der Waals surface area contributed by atoms with Crippen LogP contribution >= 0.6 is 0 Å². The van der Waals surface area contributed by atoms with Gasteiger partial charge in [-0.15, -0.1) is 0 Å². The van der Waals surface area contributed by atoms with Crippen LogP contribution in [0.5, 0.6) is 5.88 Å². The highest BCUT2D eigenvalue weighted by molar-refractivity contribution is 5.96. The lowest BCUT2D eigenvalue weighted by Crippen LogP contribution is -2.48. The maximum atomic E-state index is 12.8. The maximum Gasteiger partial charge on any atom is 0.261 e. The van der Waals surface area contributed by atoms with Crippen LogP contribution < -0.4 is 4.74 Å². The summed E-state index contributed by atoms with van der Waals surface area (Å²) in [6.07, 6.45) is 6.93. The van der Waals surface area contributed by atoms with Gasteiger partial charge >= 0.3 is 0 Å². The van der Waals surface area contributed by atoms with Crippen LogP contribution in [0.4, 0.5) is 0 Å². The fraction of sp³-hybridized carbons (Fsp3) is 0.400. The Hall–Kier alpha value is -2.60. The summed E-state index contributed by atoms with van der Waals surface area (Å²) < 4.78 is 7.45. The highest BCUT2D eigenvalue weighted by atomic mass is 16.5. The molecule has 136 valence electrons. The minimum absolute atomic E-state index is 0.0348. The Morgan fingerprint density at radius 2 is 1.92 bits per heavy atom. The standard InChI is InChI=1S/C20H24N4O2/c25-19(18-16-21-24-10-5-15-26-20(18)24)23-13-11-22(12-14-23)9-4-8-17-6-2-1-3-7-17/h1-4,6-8,16H,5,9-15H2. The van der Waals surface area contributed by atoms with Crippen LogP contribution in [0.2, 0.25) is 0 Å². The zero-order chi connectivity index (χ0) is 17.8. The van der Waals surface area contributed by atoms with E-state index in [1.54, 1.807) is 10.9 Å². The topological polar surface area (TPSA) is 50.6 Å². The van der Waals surface area contributed by atoms with Crippen molar-refractivity contribution in [3.8, 4) is 5.88 Å². The Labute approximate surface area is 153 Å². The van der Waals surface area contributed by atoms with E-state index in [9.17, 15) is 4.79 Å². The quantitative estimate of drug-likeness (QED) is 0.846. The molecule has 0 spiro atoms. The van der Waals surface area contributed by atoms with E-state index in [2.05, 4.69) is 34.3 Å². The number of carbonyl (C=O) groups excluding carboxylic acids is 1. The molecule has 1 aromatic carbocycles. The van der Waals surface area contributed by atoms with Gasteiger partial charge in [-0.25, -0.2) is 4.68 Å². The van der Waals surface area contributed by atoms with Crippen molar-refractivity contribution >= 4 is 12.0 Å². The van der Waals surface area contributed by atoms with Gasteiger partial charge in [-0.2, -0.15) is 5.10 Å². The van der Waals surface area contributed by atoms with Crippen LogP contribution in [0.25, 0.3) is 6.08 Å². The average molecular weight is 352 g/mol. The number of hydrogen-bond donors (Lipinski definition) is 0. The van der Waals surface area contributed by atoms with Crippen molar-refractivity contribution in [2.75, 3.05) is 39.3 Å². The number of aromatic nitrogens is 2. The summed E-state index contributed by atoms with van der Waals surface area (Å²) in [5, 5.41) is 4.28. The first-order chi connectivity index (χ1) is 12.8. The number of nitrogens with zero attached hydrogens (tertiary/aromatic N) is 4. The van der Waals surface area contributed by atoms with Crippen molar-refractivity contribution < 1.29 is 9.53 Å². The largest absolute Gasteiger partial charge is 0.477 e. The molecule has 2 aliphatic rings. The Morgan fingerprint density at radius 1 is 1.12 bits per heavy atom. The molecule has 26 heavy (non-hydrogen) atoms. The molecule has 0 N–H and O–H groups in total. The Bertz CT molecular complexity index is 776. The SMILES string of the molecule is O=C(c1cnn2c1OCCC2)N1CCN(CC=Cc2ccccc2)CC1. The molecular weight excluding hydrogens is 328 g/mol. The molecule has 3 heterocycles. The molecule has 0 atom stereocenters. The second-order valence-corrected chi connectivity index (χ2v) is 6.69. The van der Waals surface area contributed by atoms with Gasteiger partial charge in [-0.05, 0) is 5.56 Å². The van der Waals surface area contributed by atoms with Gasteiger partial charge in [0.2, 0.25) is 5.88 Å². The number of piperazine rings is 1. The van der Waals surface area contributed by atoms with Crippen LogP contribution in [-0.2, 0) is 6.54 Å². The first-order valence-electron chi connectivity index (χ1n) is 9.23. The van der Waals surface area contributed by atoms with Crippen molar-refractivity contribution in [1.29, 1.82) is 0 Å². The number of carbonyl (C=O) groups is 1. The van der Waals surface area contributed by atoms with Gasteiger partial charge in [-0.3, -0.25) is 9.69 Å². The van der Waals surface area contributed by atoms with Gasteiger partial charge in [0.05, 0.1) is 12.8 Å². The number of aryl methyl sites for hydroxylation is 1. The maximum absolute atomic E-state index is 12.8. The summed E-state index contributed by atoms with van der Waals surface area (Å²) in [6.45, 7) is 5.64. The van der Waals surface area contributed by atoms with Gasteiger partial charge in [0.1, 0.15) is 5.56 Å². The summed E-state index contributed by atoms with van der Waals surface area (Å²) in [5.74, 6) is 0.669. The van der Waals surface area contributed by atoms with Gasteiger partial charge in [-0.1, -0.05) is 42.5 Å². The Morgan fingerprint density at radius 3 is 2.73 bits per heavy atom. The van der Waals surface area contributed by atoms with Crippen molar-refractivity contribution in [2.45, 2.75) is 13.0 Å². The van der Waals surface area contributed by atoms with Crippen LogP contribution in [0.1, 0.15) is 22.3 Å². The predicted octanol–water partition coefficient (Wildman–Crippen LogP) is 2.14. The van der Waals surface area contributed by atoms with Crippen molar-refractivity contribution in [3.05, 3.63) is 53.7 Å². The van der Waals surface area contributed by atoms with E-state index in [0.29, 0.717) is 18.1 Å². The van der Waals surface area contributed by atoms with Gasteiger partial charge in [0.25, 0.3) is 5.91 Å². The molecule has 0 aliphatic carbocycles. The van der Waals surface area contributed by atoms with Gasteiger partial charge in [0, 0.05) is 45.7 Å². The molecule has 0 bridgehead atoms. The second-order valence-electron chi connectivity index (χ2n) is 6.69. The summed E-state index contributed by atoms with van der Waals surface area (Å²) in [7, 11) is 0. The lowest BCUT2D eigenvalue weighted by Gasteiger charge is -2.34. The zero-order valence-electron chi connectivity index (χ0n) is 14.9. The van der Waals surface area contributed by atoms with E-state index in [-0.39, 0.29) is 5.91 Å². The predicted molar refractivity (Wildman–Crippen MR) is 100 cm³/mol. The molecule has 0 unspecified atom stereocenters. The van der Waals surface area contributed by atoms with Crippen LogP contribution in [-0.4, -0.2) is 64.8 Å². The molecule has 2 aliphatic heterocycles. The molecule has 2 aromatic rings. The fourth-order valence-electron chi connectivity index (χ4n) is 3.42. The van der Waals surface area contributed by atoms with E-state index in [1.165, 1.54) is 5.56 Å². The molecule has 1 amide bonds. The first-order valence-corrected chi connectivity index (χ1v) is 9.23. The Balaban J connectivity index is 1.30. The van der Waals surface area contributed by atoms with E-state index in [4.69, 9.17) is 4.74 Å². The molecule has 1 saturated heterocycles. The van der Waals surface area contributed by atoms with Crippen LogP contribution in [0.3, 0.4) is 0 Å². The normalized spacial score (nSPS) is 17.9. The molecular formula is C20H24N4O2. The minimum Gasteiger partial charge on any atom is -0.477 e. The number of rotatable bonds is 4. The molecule has 0 saturated carbocycles. The highest BCUT2D eigenvalue weighted by Crippen LogP contribution is 2.24. The van der Waals surface area contributed by atoms with E-state index >= 15 is 0 Å². The van der Waals surface area contributed by atoms with Crippen LogP contribution in [0.15, 0.2) is 42.6 Å². The Kier molecular flexibility index (Phi) is 5.02. The number of fused-ring (bicyclic) bond motifs is 1. The monoisotopic (exact) mass is 352 g/mol. The summed E-state index contributed by atoms with van der Waals surface area (Å²) in [6, 6.07) is 10.3.